The van der Waals surface area contributed by atoms with Gasteiger partial charge in [-0.15, -0.1) is 0 Å². The number of nitrogens with zero attached hydrogens (tertiary/aromatic N) is 2. The summed E-state index contributed by atoms with van der Waals surface area (Å²) in [4.78, 5) is 30.4. The second-order valence-corrected chi connectivity index (χ2v) is 8.13. The molecule has 3 aromatic rings. The molecule has 2 amide bonds. The number of rotatable bonds is 2. The Hall–Kier alpha value is -3.40. The van der Waals surface area contributed by atoms with Gasteiger partial charge in [0, 0.05) is 35.1 Å². The van der Waals surface area contributed by atoms with Crippen LogP contribution in [0.3, 0.4) is 0 Å². The van der Waals surface area contributed by atoms with E-state index in [-0.39, 0.29) is 17.9 Å². The molecule has 2 aliphatic heterocycles. The number of benzene rings is 3. The maximum absolute atomic E-state index is 13.4. The number of carbonyl (C=O) groups is 2. The van der Waals surface area contributed by atoms with Crippen LogP contribution in [0.4, 0.5) is 11.4 Å². The third-order valence-corrected chi connectivity index (χ3v) is 6.14. The summed E-state index contributed by atoms with van der Waals surface area (Å²) in [6.45, 7) is 2.77. The van der Waals surface area contributed by atoms with Crippen LogP contribution in [0.5, 0.6) is 0 Å². The van der Waals surface area contributed by atoms with E-state index >= 15 is 0 Å². The largest absolute Gasteiger partial charge is 0.308 e. The first kappa shape index (κ1) is 18.6. The summed E-state index contributed by atoms with van der Waals surface area (Å²) < 4.78 is 0. The molecule has 0 spiro atoms. The second kappa shape index (κ2) is 7.45. The summed E-state index contributed by atoms with van der Waals surface area (Å²) in [6, 6.07) is 23.4. The molecule has 0 aliphatic carbocycles. The van der Waals surface area contributed by atoms with Crippen molar-refractivity contribution in [2.75, 3.05) is 16.3 Å². The zero-order valence-electron chi connectivity index (χ0n) is 17.0. The lowest BCUT2D eigenvalue weighted by molar-refractivity contribution is 0.0981. The zero-order chi connectivity index (χ0) is 20.7. The van der Waals surface area contributed by atoms with E-state index in [0.29, 0.717) is 17.7 Å². The van der Waals surface area contributed by atoms with Crippen LogP contribution in [0.15, 0.2) is 72.8 Å². The normalized spacial score (nSPS) is 17.4. The van der Waals surface area contributed by atoms with Crippen molar-refractivity contribution in [2.24, 2.45) is 0 Å². The molecule has 30 heavy (non-hydrogen) atoms. The van der Waals surface area contributed by atoms with Gasteiger partial charge in [0.25, 0.3) is 11.8 Å². The quantitative estimate of drug-likeness (QED) is 0.620. The van der Waals surface area contributed by atoms with Crippen LogP contribution >= 0.6 is 0 Å². The van der Waals surface area contributed by atoms with Crippen molar-refractivity contribution < 1.29 is 9.59 Å². The Morgan fingerprint density at radius 1 is 0.800 bits per heavy atom. The van der Waals surface area contributed by atoms with Gasteiger partial charge in [-0.25, -0.2) is 0 Å². The number of carbonyl (C=O) groups excluding carboxylic acids is 2. The van der Waals surface area contributed by atoms with Crippen molar-refractivity contribution in [2.45, 2.75) is 32.2 Å². The average Bonchev–Trinajstić information content (AvgIpc) is 3.13. The predicted octanol–water partition coefficient (Wildman–Crippen LogP) is 4.87. The van der Waals surface area contributed by atoms with Gasteiger partial charge in [0.1, 0.15) is 0 Å². The first-order valence-electron chi connectivity index (χ1n) is 10.5. The molecule has 0 saturated carbocycles. The highest BCUT2D eigenvalue weighted by molar-refractivity contribution is 6.11. The fourth-order valence-electron chi connectivity index (χ4n) is 4.70. The summed E-state index contributed by atoms with van der Waals surface area (Å²) in [5.74, 6) is -0.104. The van der Waals surface area contributed by atoms with E-state index in [1.165, 1.54) is 11.1 Å². The first-order chi connectivity index (χ1) is 14.6. The van der Waals surface area contributed by atoms with E-state index in [0.717, 1.165) is 30.6 Å². The van der Waals surface area contributed by atoms with Gasteiger partial charge in [0.05, 0.1) is 0 Å². The molecule has 1 atom stereocenters. The Kier molecular flexibility index (Phi) is 4.62. The third-order valence-electron chi connectivity index (χ3n) is 6.14. The highest BCUT2D eigenvalue weighted by Crippen LogP contribution is 2.33. The summed E-state index contributed by atoms with van der Waals surface area (Å²) >= 11 is 0. The van der Waals surface area contributed by atoms with Gasteiger partial charge in [-0.1, -0.05) is 42.5 Å². The number of fused-ring (bicyclic) bond motifs is 2. The van der Waals surface area contributed by atoms with E-state index in [2.05, 4.69) is 19.1 Å². The van der Waals surface area contributed by atoms with Crippen LogP contribution in [0.2, 0.25) is 0 Å². The van der Waals surface area contributed by atoms with Crippen LogP contribution in [0.1, 0.15) is 45.2 Å². The number of anilines is 2. The summed E-state index contributed by atoms with van der Waals surface area (Å²) in [5.41, 5.74) is 5.44. The number of para-hydroxylation sites is 2. The molecule has 3 aromatic carbocycles. The van der Waals surface area contributed by atoms with Gasteiger partial charge >= 0.3 is 0 Å². The molecule has 1 unspecified atom stereocenters. The van der Waals surface area contributed by atoms with Crippen LogP contribution in [0, 0.1) is 0 Å². The minimum atomic E-state index is -0.0545. The van der Waals surface area contributed by atoms with Crippen molar-refractivity contribution in [3.8, 4) is 0 Å². The van der Waals surface area contributed by atoms with Crippen molar-refractivity contribution in [1.29, 1.82) is 0 Å². The van der Waals surface area contributed by atoms with Crippen molar-refractivity contribution >= 4 is 23.2 Å². The van der Waals surface area contributed by atoms with Crippen LogP contribution < -0.4 is 9.80 Å². The van der Waals surface area contributed by atoms with Gasteiger partial charge in [0.15, 0.2) is 0 Å². The summed E-state index contributed by atoms with van der Waals surface area (Å²) in [7, 11) is 0. The van der Waals surface area contributed by atoms with Crippen LogP contribution in [-0.4, -0.2) is 24.4 Å². The smallest absolute Gasteiger partial charge is 0.258 e. The van der Waals surface area contributed by atoms with Gasteiger partial charge in [-0.05, 0) is 67.6 Å². The molecule has 2 heterocycles. The molecule has 0 N–H and O–H groups in total. The fourth-order valence-corrected chi connectivity index (χ4v) is 4.70. The minimum Gasteiger partial charge on any atom is -0.308 e. The Morgan fingerprint density at radius 2 is 1.47 bits per heavy atom. The molecule has 0 aromatic heterocycles. The van der Waals surface area contributed by atoms with E-state index in [1.807, 2.05) is 52.3 Å². The molecule has 150 valence electrons. The molecule has 0 fully saturated rings. The first-order valence-corrected chi connectivity index (χ1v) is 10.5. The zero-order valence-corrected chi connectivity index (χ0v) is 17.0. The highest BCUT2D eigenvalue weighted by atomic mass is 16.2. The van der Waals surface area contributed by atoms with Gasteiger partial charge in [0.2, 0.25) is 0 Å². The van der Waals surface area contributed by atoms with E-state index in [1.54, 1.807) is 18.2 Å². The molecule has 0 bridgehead atoms. The monoisotopic (exact) mass is 396 g/mol. The second-order valence-electron chi connectivity index (χ2n) is 8.13. The standard InChI is InChI=1S/C26H24N2O2/c1-18-16-20-9-3-5-14-24(20)28(18)26(30)22-11-6-10-21(17-22)25(29)27-15-7-12-19-8-2-4-13-23(19)27/h2-6,8-11,13-14,17-18H,7,12,15-16H2,1H3. The number of aryl methyl sites for hydroxylation is 1. The Morgan fingerprint density at radius 3 is 2.27 bits per heavy atom. The lowest BCUT2D eigenvalue weighted by Gasteiger charge is -2.29. The molecule has 4 heteroatoms. The summed E-state index contributed by atoms with van der Waals surface area (Å²) in [5, 5.41) is 0. The Balaban J connectivity index is 1.46. The maximum atomic E-state index is 13.4. The van der Waals surface area contributed by atoms with Crippen molar-refractivity contribution in [1.82, 2.24) is 0 Å². The van der Waals surface area contributed by atoms with E-state index in [9.17, 15) is 9.59 Å². The number of hydrogen-bond acceptors (Lipinski definition) is 2. The van der Waals surface area contributed by atoms with Crippen molar-refractivity contribution in [3.05, 3.63) is 95.1 Å². The molecular formula is C26H24N2O2. The highest BCUT2D eigenvalue weighted by Gasteiger charge is 2.32. The predicted molar refractivity (Wildman–Crippen MR) is 119 cm³/mol. The van der Waals surface area contributed by atoms with Gasteiger partial charge in [-0.3, -0.25) is 9.59 Å². The topological polar surface area (TPSA) is 40.6 Å². The average molecular weight is 396 g/mol. The lowest BCUT2D eigenvalue weighted by atomic mass is 10.0. The van der Waals surface area contributed by atoms with Crippen molar-refractivity contribution in [3.63, 3.8) is 0 Å². The summed E-state index contributed by atoms with van der Waals surface area (Å²) in [6.07, 6.45) is 2.79. The molecular weight excluding hydrogens is 372 g/mol. The van der Waals surface area contributed by atoms with E-state index < -0.39 is 0 Å². The lowest BCUT2D eigenvalue weighted by Crippen LogP contribution is -2.37. The molecule has 0 saturated heterocycles. The fraction of sp³-hybridized carbons (Fsp3) is 0.231. The Bertz CT molecular complexity index is 1140. The molecule has 5 rings (SSSR count). The van der Waals surface area contributed by atoms with Crippen LogP contribution in [-0.2, 0) is 12.8 Å². The molecule has 0 radical (unpaired) electrons. The van der Waals surface area contributed by atoms with Crippen LogP contribution in [0.25, 0.3) is 0 Å². The maximum Gasteiger partial charge on any atom is 0.258 e. The minimum absolute atomic E-state index is 0.0494. The third kappa shape index (κ3) is 3.09. The number of hydrogen-bond donors (Lipinski definition) is 0. The van der Waals surface area contributed by atoms with Gasteiger partial charge < -0.3 is 9.80 Å². The SMILES string of the molecule is CC1Cc2ccccc2N1C(=O)c1cccc(C(=O)N2CCCc3ccccc32)c1. The Labute approximate surface area is 176 Å². The van der Waals surface area contributed by atoms with Gasteiger partial charge in [-0.2, -0.15) is 0 Å². The molecule has 2 aliphatic rings. The van der Waals surface area contributed by atoms with E-state index in [4.69, 9.17) is 0 Å². The number of amides is 2. The molecule has 4 nitrogen and oxygen atoms in total.